The van der Waals surface area contributed by atoms with Crippen molar-refractivity contribution in [3.8, 4) is 0 Å². The first-order valence-corrected chi connectivity index (χ1v) is 6.36. The molecule has 0 fully saturated rings. The van der Waals surface area contributed by atoms with Gasteiger partial charge in [-0.15, -0.1) is 0 Å². The predicted molar refractivity (Wildman–Crippen MR) is 67.5 cm³/mol. The first-order chi connectivity index (χ1) is 7.50. The molecular weight excluding hydrogens is 202 g/mol. The van der Waals surface area contributed by atoms with E-state index in [-0.39, 0.29) is 5.97 Å². The summed E-state index contributed by atoms with van der Waals surface area (Å²) in [5.41, 5.74) is -0.528. The van der Waals surface area contributed by atoms with Crippen molar-refractivity contribution >= 4 is 5.97 Å². The molecule has 0 heterocycles. The van der Waals surface area contributed by atoms with E-state index in [1.54, 1.807) is 0 Å². The second-order valence-electron chi connectivity index (χ2n) is 4.73. The largest absolute Gasteiger partial charge is 0.468 e. The van der Waals surface area contributed by atoms with Gasteiger partial charge in [0.15, 0.2) is 0 Å². The number of ether oxygens (including phenoxy) is 1. The van der Waals surface area contributed by atoms with E-state index in [1.807, 2.05) is 6.92 Å². The Morgan fingerprint density at radius 2 is 2.00 bits per heavy atom. The minimum absolute atomic E-state index is 0.149. The highest BCUT2D eigenvalue weighted by Crippen LogP contribution is 2.18. The maximum absolute atomic E-state index is 11.8. The van der Waals surface area contributed by atoms with Crippen molar-refractivity contribution < 1.29 is 9.53 Å². The number of hydrogen-bond acceptors (Lipinski definition) is 3. The number of hydrogen-bond donors (Lipinski definition) is 1. The number of methoxy groups -OCH3 is 1. The fraction of sp³-hybridized carbons (Fsp3) is 0.923. The van der Waals surface area contributed by atoms with Gasteiger partial charge in [0.25, 0.3) is 0 Å². The number of carbonyl (C=O) groups is 1. The smallest absolute Gasteiger partial charge is 0.325 e. The van der Waals surface area contributed by atoms with Gasteiger partial charge in [-0.25, -0.2) is 0 Å². The molecule has 0 radical (unpaired) electrons. The van der Waals surface area contributed by atoms with Crippen LogP contribution in [0.15, 0.2) is 0 Å². The second-order valence-corrected chi connectivity index (χ2v) is 4.73. The molecule has 2 atom stereocenters. The van der Waals surface area contributed by atoms with Crippen molar-refractivity contribution in [2.75, 3.05) is 7.11 Å². The van der Waals surface area contributed by atoms with E-state index in [1.165, 1.54) is 13.5 Å². The highest BCUT2D eigenvalue weighted by atomic mass is 16.5. The fourth-order valence-electron chi connectivity index (χ4n) is 1.83. The van der Waals surface area contributed by atoms with Crippen LogP contribution in [0, 0.1) is 0 Å². The van der Waals surface area contributed by atoms with E-state index < -0.39 is 5.54 Å². The summed E-state index contributed by atoms with van der Waals surface area (Å²) in [5.74, 6) is -0.149. The van der Waals surface area contributed by atoms with Gasteiger partial charge in [0.1, 0.15) is 5.54 Å². The maximum atomic E-state index is 11.8. The predicted octanol–water partition coefficient (Wildman–Crippen LogP) is 2.89. The van der Waals surface area contributed by atoms with Crippen molar-refractivity contribution in [1.29, 1.82) is 0 Å². The Hall–Kier alpha value is -0.570. The van der Waals surface area contributed by atoms with Crippen molar-refractivity contribution in [1.82, 2.24) is 5.32 Å². The topological polar surface area (TPSA) is 38.3 Å². The minimum atomic E-state index is -0.528. The molecule has 0 saturated carbocycles. The maximum Gasteiger partial charge on any atom is 0.325 e. The normalized spacial score (nSPS) is 16.6. The Kier molecular flexibility index (Phi) is 7.39. The Morgan fingerprint density at radius 1 is 1.38 bits per heavy atom. The average molecular weight is 229 g/mol. The zero-order chi connectivity index (χ0) is 12.6. The van der Waals surface area contributed by atoms with Gasteiger partial charge in [-0.2, -0.15) is 0 Å². The van der Waals surface area contributed by atoms with Crippen LogP contribution >= 0.6 is 0 Å². The summed E-state index contributed by atoms with van der Waals surface area (Å²) in [7, 11) is 1.46. The summed E-state index contributed by atoms with van der Waals surface area (Å²) in [6, 6.07) is 0.339. The Morgan fingerprint density at radius 3 is 2.44 bits per heavy atom. The van der Waals surface area contributed by atoms with Gasteiger partial charge in [0.2, 0.25) is 0 Å². The third kappa shape index (κ3) is 4.97. The first-order valence-electron chi connectivity index (χ1n) is 6.36. The Balaban J connectivity index is 4.42. The van der Waals surface area contributed by atoms with E-state index >= 15 is 0 Å². The zero-order valence-electron chi connectivity index (χ0n) is 11.4. The lowest BCUT2D eigenvalue weighted by Gasteiger charge is -2.31. The van der Waals surface area contributed by atoms with Crippen LogP contribution in [0.25, 0.3) is 0 Å². The van der Waals surface area contributed by atoms with Crippen LogP contribution in [0.1, 0.15) is 59.8 Å². The third-order valence-electron chi connectivity index (χ3n) is 3.09. The van der Waals surface area contributed by atoms with Crippen molar-refractivity contribution in [3.63, 3.8) is 0 Å². The zero-order valence-corrected chi connectivity index (χ0v) is 11.4. The molecule has 3 heteroatoms. The van der Waals surface area contributed by atoms with Crippen LogP contribution < -0.4 is 5.32 Å². The van der Waals surface area contributed by atoms with E-state index in [0.717, 1.165) is 25.7 Å². The number of esters is 1. The lowest BCUT2D eigenvalue weighted by Crippen LogP contribution is -2.53. The number of nitrogens with one attached hydrogen (secondary N) is 1. The van der Waals surface area contributed by atoms with Crippen LogP contribution in [0.5, 0.6) is 0 Å². The molecule has 0 aliphatic rings. The number of rotatable bonds is 8. The molecule has 0 aliphatic heterocycles. The average Bonchev–Trinajstić information content (AvgIpc) is 2.28. The first kappa shape index (κ1) is 15.4. The van der Waals surface area contributed by atoms with Gasteiger partial charge in [0, 0.05) is 6.04 Å². The summed E-state index contributed by atoms with van der Waals surface area (Å²) in [5, 5.41) is 3.38. The lowest BCUT2D eigenvalue weighted by molar-refractivity contribution is -0.148. The fourth-order valence-corrected chi connectivity index (χ4v) is 1.83. The van der Waals surface area contributed by atoms with Crippen LogP contribution in [0.2, 0.25) is 0 Å². The van der Waals surface area contributed by atoms with Crippen molar-refractivity contribution in [3.05, 3.63) is 0 Å². The SMILES string of the molecule is CCCCCC(C)(NC(C)CC)C(=O)OC. The molecule has 0 saturated heterocycles. The lowest BCUT2D eigenvalue weighted by atomic mass is 9.93. The molecule has 0 aromatic rings. The van der Waals surface area contributed by atoms with Gasteiger partial charge in [-0.05, 0) is 26.7 Å². The molecule has 0 aromatic carbocycles. The van der Waals surface area contributed by atoms with Gasteiger partial charge >= 0.3 is 5.97 Å². The number of unbranched alkanes of at least 4 members (excludes halogenated alkanes) is 2. The van der Waals surface area contributed by atoms with Crippen LogP contribution in [-0.4, -0.2) is 24.7 Å². The van der Waals surface area contributed by atoms with Crippen LogP contribution in [-0.2, 0) is 9.53 Å². The third-order valence-corrected chi connectivity index (χ3v) is 3.09. The molecular formula is C13H27NO2. The summed E-state index contributed by atoms with van der Waals surface area (Å²) in [4.78, 5) is 11.8. The molecule has 1 N–H and O–H groups in total. The Labute approximate surface area is 99.9 Å². The van der Waals surface area contributed by atoms with E-state index in [2.05, 4.69) is 26.1 Å². The van der Waals surface area contributed by atoms with Gasteiger partial charge in [-0.3, -0.25) is 10.1 Å². The summed E-state index contributed by atoms with van der Waals surface area (Å²) in [6.07, 6.45) is 5.25. The molecule has 0 rings (SSSR count). The van der Waals surface area contributed by atoms with Crippen molar-refractivity contribution in [2.45, 2.75) is 71.4 Å². The Bertz CT molecular complexity index is 206. The molecule has 16 heavy (non-hydrogen) atoms. The van der Waals surface area contributed by atoms with E-state index in [9.17, 15) is 4.79 Å². The monoisotopic (exact) mass is 229 g/mol. The molecule has 3 nitrogen and oxygen atoms in total. The quantitative estimate of drug-likeness (QED) is 0.514. The van der Waals surface area contributed by atoms with Crippen molar-refractivity contribution in [2.24, 2.45) is 0 Å². The van der Waals surface area contributed by atoms with Gasteiger partial charge < -0.3 is 4.74 Å². The standard InChI is InChI=1S/C13H27NO2/c1-6-8-9-10-13(4,12(15)16-5)14-11(3)7-2/h11,14H,6-10H2,1-5H3. The van der Waals surface area contributed by atoms with Crippen LogP contribution in [0.3, 0.4) is 0 Å². The van der Waals surface area contributed by atoms with Gasteiger partial charge in [-0.1, -0.05) is 33.1 Å². The van der Waals surface area contributed by atoms with Crippen LogP contribution in [0.4, 0.5) is 0 Å². The van der Waals surface area contributed by atoms with Gasteiger partial charge in [0.05, 0.1) is 7.11 Å². The molecule has 0 amide bonds. The molecule has 0 spiro atoms. The van der Waals surface area contributed by atoms with E-state index in [4.69, 9.17) is 4.74 Å². The number of carbonyl (C=O) groups excluding carboxylic acids is 1. The molecule has 0 aliphatic carbocycles. The highest BCUT2D eigenvalue weighted by molar-refractivity contribution is 5.80. The molecule has 0 aromatic heterocycles. The molecule has 0 bridgehead atoms. The highest BCUT2D eigenvalue weighted by Gasteiger charge is 2.34. The summed E-state index contributed by atoms with van der Waals surface area (Å²) >= 11 is 0. The minimum Gasteiger partial charge on any atom is -0.468 e. The summed E-state index contributed by atoms with van der Waals surface area (Å²) < 4.78 is 4.89. The molecule has 96 valence electrons. The summed E-state index contributed by atoms with van der Waals surface area (Å²) in [6.45, 7) is 8.32. The molecule has 2 unspecified atom stereocenters. The second kappa shape index (κ2) is 7.66. The van der Waals surface area contributed by atoms with E-state index in [0.29, 0.717) is 6.04 Å².